The molecule has 0 saturated heterocycles. The number of para-hydroxylation sites is 1. The van der Waals surface area contributed by atoms with Gasteiger partial charge in [-0.05, 0) is 48.6 Å². The molecule has 0 spiro atoms. The Kier molecular flexibility index (Phi) is 5.86. The van der Waals surface area contributed by atoms with Crippen LogP contribution in [0.1, 0.15) is 36.8 Å². The Labute approximate surface area is 170 Å². The molecule has 5 nitrogen and oxygen atoms in total. The molecule has 1 aliphatic heterocycles. The van der Waals surface area contributed by atoms with Gasteiger partial charge in [0.15, 0.2) is 0 Å². The van der Waals surface area contributed by atoms with Crippen molar-refractivity contribution >= 4 is 11.0 Å². The molecule has 4 rings (SSSR count). The molecule has 0 amide bonds. The highest BCUT2D eigenvalue weighted by Gasteiger charge is 2.32. The molecule has 3 aromatic rings. The maximum Gasteiger partial charge on any atom is 0.343 e. The minimum atomic E-state index is -0.286. The molecule has 0 N–H and O–H groups in total. The maximum absolute atomic E-state index is 12.5. The molecular weight excluding hydrogens is 368 g/mol. The van der Waals surface area contributed by atoms with Gasteiger partial charge >= 0.3 is 5.63 Å². The van der Waals surface area contributed by atoms with Gasteiger partial charge in [-0.1, -0.05) is 31.2 Å². The van der Waals surface area contributed by atoms with Crippen molar-refractivity contribution in [2.75, 3.05) is 20.3 Å². The van der Waals surface area contributed by atoms with Crippen molar-refractivity contribution in [3.05, 3.63) is 70.1 Å². The van der Waals surface area contributed by atoms with E-state index in [1.807, 2.05) is 42.5 Å². The second-order valence-corrected chi connectivity index (χ2v) is 7.53. The molecule has 0 bridgehead atoms. The van der Waals surface area contributed by atoms with Crippen LogP contribution in [0, 0.1) is 5.92 Å². The van der Waals surface area contributed by atoms with Crippen LogP contribution in [0.2, 0.25) is 0 Å². The van der Waals surface area contributed by atoms with Crippen LogP contribution in [0.15, 0.2) is 57.7 Å². The number of methoxy groups -OCH3 is 1. The summed E-state index contributed by atoms with van der Waals surface area (Å²) in [6.07, 6.45) is 1.86. The molecular formula is C24H26O5. The summed E-state index contributed by atoms with van der Waals surface area (Å²) in [7, 11) is 1.66. The molecule has 152 valence electrons. The number of ether oxygens (including phenoxy) is 3. The van der Waals surface area contributed by atoms with E-state index in [0.717, 1.165) is 29.5 Å². The quantitative estimate of drug-likeness (QED) is 0.421. The minimum absolute atomic E-state index is 0.0983. The molecule has 2 aromatic carbocycles. The molecule has 2 unspecified atom stereocenters. The highest BCUT2D eigenvalue weighted by molar-refractivity contribution is 5.84. The lowest BCUT2D eigenvalue weighted by Crippen LogP contribution is -2.29. The monoisotopic (exact) mass is 394 g/mol. The van der Waals surface area contributed by atoms with E-state index in [4.69, 9.17) is 18.6 Å². The average Bonchev–Trinajstić information content (AvgIpc) is 2.75. The lowest BCUT2D eigenvalue weighted by atomic mass is 9.83. The lowest BCUT2D eigenvalue weighted by Gasteiger charge is -2.30. The summed E-state index contributed by atoms with van der Waals surface area (Å²) in [5.74, 6) is 1.91. The van der Waals surface area contributed by atoms with Crippen molar-refractivity contribution in [2.45, 2.75) is 32.3 Å². The van der Waals surface area contributed by atoms with Gasteiger partial charge < -0.3 is 18.6 Å². The van der Waals surface area contributed by atoms with E-state index in [9.17, 15) is 4.79 Å². The Morgan fingerprint density at radius 1 is 1.10 bits per heavy atom. The molecule has 0 saturated carbocycles. The first-order valence-corrected chi connectivity index (χ1v) is 10.1. The lowest BCUT2D eigenvalue weighted by molar-refractivity contribution is 0.105. The Bertz CT molecular complexity index is 1020. The van der Waals surface area contributed by atoms with Crippen LogP contribution in [-0.4, -0.2) is 20.3 Å². The van der Waals surface area contributed by atoms with Gasteiger partial charge in [-0.3, -0.25) is 0 Å². The van der Waals surface area contributed by atoms with Gasteiger partial charge in [-0.2, -0.15) is 0 Å². The van der Waals surface area contributed by atoms with Crippen LogP contribution in [0.3, 0.4) is 0 Å². The van der Waals surface area contributed by atoms with Crippen molar-refractivity contribution in [1.29, 1.82) is 0 Å². The highest BCUT2D eigenvalue weighted by Crippen LogP contribution is 2.40. The summed E-state index contributed by atoms with van der Waals surface area (Å²) in [6.45, 7) is 3.96. The van der Waals surface area contributed by atoms with Crippen LogP contribution in [0.5, 0.6) is 11.5 Å². The van der Waals surface area contributed by atoms with E-state index in [0.29, 0.717) is 36.7 Å². The first-order chi connectivity index (χ1) is 14.2. The summed E-state index contributed by atoms with van der Waals surface area (Å²) in [4.78, 5) is 12.5. The Hall–Kier alpha value is -2.79. The summed E-state index contributed by atoms with van der Waals surface area (Å²) in [5, 5.41) is 0.871. The summed E-state index contributed by atoms with van der Waals surface area (Å²) in [6, 6.07) is 15.4. The molecule has 0 radical (unpaired) electrons. The molecule has 1 aromatic heterocycles. The largest absolute Gasteiger partial charge is 0.497 e. The number of hydrogen-bond acceptors (Lipinski definition) is 5. The van der Waals surface area contributed by atoms with Gasteiger partial charge in [0.25, 0.3) is 0 Å². The molecule has 5 heteroatoms. The van der Waals surface area contributed by atoms with Gasteiger partial charge in [-0.25, -0.2) is 4.79 Å². The third-order valence-electron chi connectivity index (χ3n) is 5.69. The summed E-state index contributed by atoms with van der Waals surface area (Å²) < 4.78 is 22.5. The highest BCUT2D eigenvalue weighted by atomic mass is 16.5. The number of fused-ring (bicyclic) bond motifs is 3. The topological polar surface area (TPSA) is 57.9 Å². The Balaban J connectivity index is 1.33. The Morgan fingerprint density at radius 2 is 1.90 bits per heavy atom. The van der Waals surface area contributed by atoms with E-state index in [2.05, 4.69) is 6.92 Å². The first-order valence-electron chi connectivity index (χ1n) is 10.1. The molecule has 2 atom stereocenters. The zero-order valence-electron chi connectivity index (χ0n) is 16.9. The molecule has 2 heterocycles. The third-order valence-corrected chi connectivity index (χ3v) is 5.69. The van der Waals surface area contributed by atoms with Gasteiger partial charge in [-0.15, -0.1) is 0 Å². The molecule has 1 aliphatic rings. The van der Waals surface area contributed by atoms with E-state index < -0.39 is 0 Å². The predicted molar refractivity (Wildman–Crippen MR) is 112 cm³/mol. The van der Waals surface area contributed by atoms with Gasteiger partial charge in [0, 0.05) is 12.5 Å². The van der Waals surface area contributed by atoms with Crippen molar-refractivity contribution in [2.24, 2.45) is 5.92 Å². The zero-order chi connectivity index (χ0) is 20.2. The third kappa shape index (κ3) is 4.15. The molecule has 29 heavy (non-hydrogen) atoms. The van der Waals surface area contributed by atoms with E-state index in [1.165, 1.54) is 0 Å². The fourth-order valence-electron chi connectivity index (χ4n) is 3.95. The van der Waals surface area contributed by atoms with Crippen molar-refractivity contribution < 1.29 is 18.6 Å². The fraction of sp³-hybridized carbons (Fsp3) is 0.375. The first kappa shape index (κ1) is 19.5. The van der Waals surface area contributed by atoms with Crippen molar-refractivity contribution in [3.63, 3.8) is 0 Å². The van der Waals surface area contributed by atoms with Crippen molar-refractivity contribution in [1.82, 2.24) is 0 Å². The van der Waals surface area contributed by atoms with E-state index in [-0.39, 0.29) is 17.5 Å². The number of hydrogen-bond donors (Lipinski definition) is 0. The van der Waals surface area contributed by atoms with Gasteiger partial charge in [0.2, 0.25) is 0 Å². The normalized spacial score (nSPS) is 18.3. The summed E-state index contributed by atoms with van der Waals surface area (Å²) in [5.41, 5.74) is 2.08. The second kappa shape index (κ2) is 8.70. The van der Waals surface area contributed by atoms with Crippen LogP contribution < -0.4 is 15.1 Å². The van der Waals surface area contributed by atoms with Gasteiger partial charge in [0.1, 0.15) is 17.1 Å². The summed E-state index contributed by atoms with van der Waals surface area (Å²) >= 11 is 0. The van der Waals surface area contributed by atoms with Crippen LogP contribution in [-0.2, 0) is 11.3 Å². The maximum atomic E-state index is 12.5. The van der Waals surface area contributed by atoms with Crippen molar-refractivity contribution in [3.8, 4) is 11.5 Å². The smallest absolute Gasteiger partial charge is 0.343 e. The van der Waals surface area contributed by atoms with E-state index >= 15 is 0 Å². The minimum Gasteiger partial charge on any atom is -0.497 e. The predicted octanol–water partition coefficient (Wildman–Crippen LogP) is 4.91. The zero-order valence-corrected chi connectivity index (χ0v) is 16.9. The van der Waals surface area contributed by atoms with Crippen LogP contribution in [0.4, 0.5) is 0 Å². The molecule has 0 aliphatic carbocycles. The average molecular weight is 394 g/mol. The van der Waals surface area contributed by atoms with Gasteiger partial charge in [0.05, 0.1) is 31.3 Å². The second-order valence-electron chi connectivity index (χ2n) is 7.53. The standard InChI is InChI=1S/C24H26O5/c1-16-18(6-5-13-27-14-17-9-11-19(26-2)12-10-17)15-28-23-20-7-3-4-8-21(20)29-24(25)22(16)23/h3-4,7-12,16,18H,5-6,13-15H2,1-2H3. The molecule has 0 fully saturated rings. The van der Waals surface area contributed by atoms with Crippen LogP contribution in [0.25, 0.3) is 11.0 Å². The van der Waals surface area contributed by atoms with Crippen LogP contribution >= 0.6 is 0 Å². The Morgan fingerprint density at radius 3 is 2.69 bits per heavy atom. The van der Waals surface area contributed by atoms with E-state index in [1.54, 1.807) is 13.2 Å². The number of benzene rings is 2. The fourth-order valence-corrected chi connectivity index (χ4v) is 3.95. The SMILES string of the molecule is COc1ccc(COCCCC2COc3c(c(=O)oc4ccccc34)C2C)cc1. The number of rotatable bonds is 7.